The highest BCUT2D eigenvalue weighted by Gasteiger charge is 2.30. The number of halogens is 1. The summed E-state index contributed by atoms with van der Waals surface area (Å²) in [7, 11) is -2.72. The van der Waals surface area contributed by atoms with Crippen molar-refractivity contribution < 1.29 is 17.9 Å². The number of ether oxygens (including phenoxy) is 1. The van der Waals surface area contributed by atoms with Crippen molar-refractivity contribution in [3.63, 3.8) is 0 Å². The second kappa shape index (κ2) is 10.1. The Hall–Kier alpha value is -3.03. The molecule has 0 fully saturated rings. The number of nitrogens with one attached hydrogen (secondary N) is 1. The van der Waals surface area contributed by atoms with Gasteiger partial charge in [0.2, 0.25) is 5.91 Å². The number of nitrogens with zero attached hydrogens (tertiary/aromatic N) is 1. The highest BCUT2D eigenvalue weighted by atomic mass is 35.5. The van der Waals surface area contributed by atoms with Crippen LogP contribution in [0, 0.1) is 6.92 Å². The molecule has 0 saturated heterocycles. The number of sulfonamides is 1. The minimum atomic E-state index is -4.12. The molecule has 3 rings (SSSR count). The summed E-state index contributed by atoms with van der Waals surface area (Å²) in [6.45, 7) is 3.23. The number of benzene rings is 3. The Morgan fingerprint density at radius 2 is 1.72 bits per heavy atom. The molecule has 0 aliphatic heterocycles. The Balaban J connectivity index is 1.97. The molecule has 0 aliphatic carbocycles. The van der Waals surface area contributed by atoms with Crippen molar-refractivity contribution in [3.05, 3.63) is 88.9 Å². The fourth-order valence-corrected chi connectivity index (χ4v) is 5.06. The van der Waals surface area contributed by atoms with Gasteiger partial charge in [0.1, 0.15) is 17.2 Å². The zero-order chi connectivity index (χ0) is 23.3. The van der Waals surface area contributed by atoms with Gasteiger partial charge in [-0.3, -0.25) is 9.10 Å². The van der Waals surface area contributed by atoms with Crippen LogP contribution in [0.15, 0.2) is 77.7 Å². The molecule has 6 nitrogen and oxygen atoms in total. The number of hydrogen-bond donors (Lipinski definition) is 1. The number of carbonyl (C=O) groups excluding carboxylic acids is 1. The number of methoxy groups -OCH3 is 1. The minimum absolute atomic E-state index is 0.0149. The van der Waals surface area contributed by atoms with E-state index < -0.39 is 22.5 Å². The van der Waals surface area contributed by atoms with Crippen LogP contribution in [-0.2, 0) is 14.8 Å². The van der Waals surface area contributed by atoms with Gasteiger partial charge in [-0.25, -0.2) is 8.42 Å². The first-order valence-electron chi connectivity index (χ1n) is 9.99. The van der Waals surface area contributed by atoms with Crippen LogP contribution in [0.2, 0.25) is 5.02 Å². The molecule has 3 aromatic rings. The van der Waals surface area contributed by atoms with E-state index in [4.69, 9.17) is 16.3 Å². The molecular formula is C24H25ClN2O4S. The molecule has 1 N–H and O–H groups in total. The van der Waals surface area contributed by atoms with Crippen molar-refractivity contribution in [2.45, 2.75) is 24.8 Å². The predicted molar refractivity (Wildman–Crippen MR) is 127 cm³/mol. The molecule has 168 valence electrons. The van der Waals surface area contributed by atoms with E-state index in [-0.39, 0.29) is 16.7 Å². The average Bonchev–Trinajstić information content (AvgIpc) is 2.78. The normalized spacial score (nSPS) is 12.1. The molecule has 0 saturated carbocycles. The van der Waals surface area contributed by atoms with Crippen LogP contribution < -0.4 is 14.4 Å². The first-order chi connectivity index (χ1) is 15.2. The van der Waals surface area contributed by atoms with Crippen molar-refractivity contribution in [1.82, 2.24) is 5.32 Å². The summed E-state index contributed by atoms with van der Waals surface area (Å²) < 4.78 is 33.7. The summed E-state index contributed by atoms with van der Waals surface area (Å²) in [4.78, 5) is 12.9. The highest BCUT2D eigenvalue weighted by Crippen LogP contribution is 2.31. The molecule has 3 aromatic carbocycles. The van der Waals surface area contributed by atoms with E-state index in [1.807, 2.05) is 37.3 Å². The van der Waals surface area contributed by atoms with Crippen molar-refractivity contribution in [1.29, 1.82) is 0 Å². The Kier molecular flexibility index (Phi) is 7.43. The second-order valence-electron chi connectivity index (χ2n) is 7.34. The van der Waals surface area contributed by atoms with E-state index in [1.165, 1.54) is 13.2 Å². The first-order valence-corrected chi connectivity index (χ1v) is 11.8. The van der Waals surface area contributed by atoms with Crippen LogP contribution >= 0.6 is 11.6 Å². The molecule has 0 aromatic heterocycles. The van der Waals surface area contributed by atoms with Crippen LogP contribution in [0.25, 0.3) is 0 Å². The topological polar surface area (TPSA) is 75.7 Å². The maximum atomic E-state index is 13.7. The van der Waals surface area contributed by atoms with E-state index in [2.05, 4.69) is 5.32 Å². The van der Waals surface area contributed by atoms with Crippen LogP contribution in [0.5, 0.6) is 5.75 Å². The number of anilines is 1. The highest BCUT2D eigenvalue weighted by molar-refractivity contribution is 7.93. The lowest BCUT2D eigenvalue weighted by Crippen LogP contribution is -2.41. The predicted octanol–water partition coefficient (Wildman–Crippen LogP) is 4.73. The lowest BCUT2D eigenvalue weighted by atomic mass is 10.1. The quantitative estimate of drug-likeness (QED) is 0.514. The maximum absolute atomic E-state index is 13.7. The Labute approximate surface area is 193 Å². The van der Waals surface area contributed by atoms with Gasteiger partial charge in [0.15, 0.2) is 0 Å². The Morgan fingerprint density at radius 3 is 2.34 bits per heavy atom. The van der Waals surface area contributed by atoms with E-state index in [0.717, 1.165) is 15.4 Å². The molecule has 8 heteroatoms. The van der Waals surface area contributed by atoms with Crippen molar-refractivity contribution in [3.8, 4) is 5.75 Å². The smallest absolute Gasteiger partial charge is 0.268 e. The van der Waals surface area contributed by atoms with E-state index >= 15 is 0 Å². The number of carbonyl (C=O) groups is 1. The SMILES string of the molecule is COc1ccc(C)cc1S(=O)(=O)N(CC(=O)N[C@@H](C)c1ccccc1)c1ccc(Cl)cc1. The molecule has 0 heterocycles. The van der Waals surface area contributed by atoms with Crippen LogP contribution in [0.3, 0.4) is 0 Å². The molecule has 0 aliphatic rings. The summed E-state index contributed by atoms with van der Waals surface area (Å²) in [5.41, 5.74) is 1.99. The number of amides is 1. The lowest BCUT2D eigenvalue weighted by molar-refractivity contribution is -0.120. The van der Waals surface area contributed by atoms with Crippen molar-refractivity contribution in [2.75, 3.05) is 18.0 Å². The summed E-state index contributed by atoms with van der Waals surface area (Å²) in [5, 5.41) is 3.33. The van der Waals surface area contributed by atoms with Crippen molar-refractivity contribution in [2.24, 2.45) is 0 Å². The number of aryl methyl sites for hydroxylation is 1. The zero-order valence-corrected chi connectivity index (χ0v) is 19.7. The van der Waals surface area contributed by atoms with Gasteiger partial charge in [0.05, 0.1) is 18.8 Å². The zero-order valence-electron chi connectivity index (χ0n) is 18.1. The van der Waals surface area contributed by atoms with Crippen molar-refractivity contribution >= 4 is 33.2 Å². The Bertz CT molecular complexity index is 1180. The average molecular weight is 473 g/mol. The minimum Gasteiger partial charge on any atom is -0.495 e. The standard InChI is InChI=1S/C24H25ClN2O4S/c1-17-9-14-22(31-3)23(15-17)32(29,30)27(21-12-10-20(25)11-13-21)16-24(28)26-18(2)19-7-5-4-6-8-19/h4-15,18H,16H2,1-3H3,(H,26,28)/t18-/m0/s1. The van der Waals surface area contributed by atoms with Gasteiger partial charge in [-0.15, -0.1) is 0 Å². The largest absolute Gasteiger partial charge is 0.495 e. The molecular weight excluding hydrogens is 448 g/mol. The summed E-state index contributed by atoms with van der Waals surface area (Å²) in [6.07, 6.45) is 0. The van der Waals surface area contributed by atoms with E-state index in [0.29, 0.717) is 10.7 Å². The second-order valence-corrected chi connectivity index (χ2v) is 9.61. The Morgan fingerprint density at radius 1 is 1.06 bits per heavy atom. The third-order valence-corrected chi connectivity index (χ3v) is 7.01. The van der Waals surface area contributed by atoms with Gasteiger partial charge in [-0.1, -0.05) is 48.0 Å². The fraction of sp³-hybridized carbons (Fsp3) is 0.208. The lowest BCUT2D eigenvalue weighted by Gasteiger charge is -2.26. The molecule has 0 spiro atoms. The number of rotatable bonds is 8. The van der Waals surface area contributed by atoms with Crippen LogP contribution in [0.1, 0.15) is 24.1 Å². The first kappa shape index (κ1) is 23.6. The van der Waals surface area contributed by atoms with Gasteiger partial charge >= 0.3 is 0 Å². The molecule has 0 unspecified atom stereocenters. The van der Waals surface area contributed by atoms with Gasteiger partial charge in [-0.05, 0) is 61.4 Å². The monoisotopic (exact) mass is 472 g/mol. The van der Waals surface area contributed by atoms with Gasteiger partial charge in [0.25, 0.3) is 10.0 Å². The molecule has 32 heavy (non-hydrogen) atoms. The molecule has 1 amide bonds. The van der Waals surface area contributed by atoms with Gasteiger partial charge in [0, 0.05) is 5.02 Å². The third kappa shape index (κ3) is 5.41. The molecule has 0 bridgehead atoms. The number of hydrogen-bond acceptors (Lipinski definition) is 4. The van der Waals surface area contributed by atoms with E-state index in [9.17, 15) is 13.2 Å². The summed E-state index contributed by atoms with van der Waals surface area (Å²) >= 11 is 5.99. The fourth-order valence-electron chi connectivity index (χ4n) is 3.27. The van der Waals surface area contributed by atoms with E-state index in [1.54, 1.807) is 43.3 Å². The van der Waals surface area contributed by atoms with Gasteiger partial charge < -0.3 is 10.1 Å². The van der Waals surface area contributed by atoms with Crippen LogP contribution in [-0.4, -0.2) is 28.0 Å². The van der Waals surface area contributed by atoms with Crippen LogP contribution in [0.4, 0.5) is 5.69 Å². The third-order valence-electron chi connectivity index (χ3n) is 4.97. The molecule has 0 radical (unpaired) electrons. The summed E-state index contributed by atoms with van der Waals surface area (Å²) in [5.74, 6) is -0.237. The van der Waals surface area contributed by atoms with Gasteiger partial charge in [-0.2, -0.15) is 0 Å². The maximum Gasteiger partial charge on any atom is 0.268 e. The summed E-state index contributed by atoms with van der Waals surface area (Å²) in [6, 6.07) is 20.3. The molecule has 1 atom stereocenters.